The minimum absolute atomic E-state index is 0.0681. The van der Waals surface area contributed by atoms with Gasteiger partial charge in [0.05, 0.1) is 6.54 Å². The van der Waals surface area contributed by atoms with Crippen molar-refractivity contribution in [3.05, 3.63) is 0 Å². The monoisotopic (exact) mass is 169 g/mol. The second-order valence-electron chi connectivity index (χ2n) is 2.51. The van der Waals surface area contributed by atoms with E-state index in [-0.39, 0.29) is 12.5 Å². The summed E-state index contributed by atoms with van der Waals surface area (Å²) >= 11 is 0. The highest BCUT2D eigenvalue weighted by Crippen LogP contribution is 1.86. The van der Waals surface area contributed by atoms with Crippen LogP contribution in [0.2, 0.25) is 0 Å². The summed E-state index contributed by atoms with van der Waals surface area (Å²) in [5, 5.41) is 0. The molecule has 0 N–H and O–H groups in total. The van der Waals surface area contributed by atoms with E-state index in [2.05, 4.69) is 5.92 Å². The van der Waals surface area contributed by atoms with Crippen LogP contribution in [-0.2, 0) is 9.53 Å². The summed E-state index contributed by atoms with van der Waals surface area (Å²) in [6.07, 6.45) is 5.96. The lowest BCUT2D eigenvalue weighted by molar-refractivity contribution is -0.134. The number of amides is 1. The highest BCUT2D eigenvalue weighted by atomic mass is 16.5. The molecule has 0 rings (SSSR count). The normalized spacial score (nSPS) is 9.08. The minimum Gasteiger partial charge on any atom is -0.372 e. The van der Waals surface area contributed by atoms with Gasteiger partial charge in [0.15, 0.2) is 0 Å². The number of likely N-dealkylation sites (N-methyl/N-ethyl adjacent to an activating group) is 1. The van der Waals surface area contributed by atoms with Crippen LogP contribution in [0.3, 0.4) is 0 Å². The number of nitrogens with zero attached hydrogens (tertiary/aromatic N) is 1. The maximum absolute atomic E-state index is 11.1. The van der Waals surface area contributed by atoms with E-state index in [0.29, 0.717) is 13.2 Å². The van der Waals surface area contributed by atoms with Crippen molar-refractivity contribution in [1.29, 1.82) is 0 Å². The minimum atomic E-state index is -0.0681. The van der Waals surface area contributed by atoms with E-state index in [4.69, 9.17) is 11.2 Å². The predicted molar refractivity (Wildman–Crippen MR) is 47.6 cm³/mol. The summed E-state index contributed by atoms with van der Waals surface area (Å²) in [6.45, 7) is 3.09. The fourth-order valence-electron chi connectivity index (χ4n) is 0.639. The highest BCUT2D eigenvalue weighted by molar-refractivity contribution is 5.77. The van der Waals surface area contributed by atoms with Crippen LogP contribution in [-0.4, -0.2) is 37.6 Å². The maximum Gasteiger partial charge on any atom is 0.249 e. The Labute approximate surface area is 73.7 Å². The van der Waals surface area contributed by atoms with E-state index in [1.165, 1.54) is 4.90 Å². The third-order valence-corrected chi connectivity index (χ3v) is 1.33. The first-order chi connectivity index (χ1) is 5.72. The van der Waals surface area contributed by atoms with Gasteiger partial charge in [-0.05, 0) is 6.42 Å². The molecule has 0 fully saturated rings. The van der Waals surface area contributed by atoms with Crippen molar-refractivity contribution in [3.8, 4) is 12.3 Å². The second-order valence-corrected chi connectivity index (χ2v) is 2.51. The molecule has 0 atom stereocenters. The van der Waals surface area contributed by atoms with Gasteiger partial charge in [-0.1, -0.05) is 12.8 Å². The molecule has 0 radical (unpaired) electrons. The Bertz CT molecular complexity index is 172. The first-order valence-electron chi connectivity index (χ1n) is 3.97. The molecule has 0 aromatic heterocycles. The second kappa shape index (κ2) is 6.68. The molecular formula is C9H15NO2. The van der Waals surface area contributed by atoms with Crippen LogP contribution in [0.1, 0.15) is 13.3 Å². The van der Waals surface area contributed by atoms with Crippen LogP contribution in [0.15, 0.2) is 0 Å². The molecule has 0 saturated carbocycles. The van der Waals surface area contributed by atoms with Crippen molar-refractivity contribution in [2.24, 2.45) is 0 Å². The molecule has 0 saturated heterocycles. The molecule has 1 amide bonds. The molecule has 68 valence electrons. The first kappa shape index (κ1) is 11.0. The molecular weight excluding hydrogens is 154 g/mol. The molecule has 3 nitrogen and oxygen atoms in total. The third-order valence-electron chi connectivity index (χ3n) is 1.33. The Balaban J connectivity index is 3.51. The largest absolute Gasteiger partial charge is 0.372 e. The van der Waals surface area contributed by atoms with E-state index >= 15 is 0 Å². The molecule has 0 heterocycles. The molecule has 0 aliphatic rings. The van der Waals surface area contributed by atoms with Gasteiger partial charge >= 0.3 is 0 Å². The van der Waals surface area contributed by atoms with Crippen LogP contribution in [0, 0.1) is 12.3 Å². The first-order valence-corrected chi connectivity index (χ1v) is 3.97. The molecule has 0 aliphatic heterocycles. The van der Waals surface area contributed by atoms with Crippen LogP contribution in [0.4, 0.5) is 0 Å². The van der Waals surface area contributed by atoms with Crippen molar-refractivity contribution in [3.63, 3.8) is 0 Å². The lowest BCUT2D eigenvalue weighted by atomic mass is 10.5. The summed E-state index contributed by atoms with van der Waals surface area (Å²) in [5.74, 6) is 2.32. The van der Waals surface area contributed by atoms with Crippen LogP contribution < -0.4 is 0 Å². The van der Waals surface area contributed by atoms with Crippen LogP contribution in [0.5, 0.6) is 0 Å². The Morgan fingerprint density at radius 3 is 2.83 bits per heavy atom. The Hall–Kier alpha value is -1.01. The van der Waals surface area contributed by atoms with Gasteiger partial charge in [0.25, 0.3) is 0 Å². The van der Waals surface area contributed by atoms with Crippen LogP contribution in [0.25, 0.3) is 0 Å². The van der Waals surface area contributed by atoms with E-state index in [1.807, 2.05) is 6.92 Å². The maximum atomic E-state index is 11.1. The highest BCUT2D eigenvalue weighted by Gasteiger charge is 2.05. The summed E-state index contributed by atoms with van der Waals surface area (Å²) in [4.78, 5) is 12.6. The third kappa shape index (κ3) is 4.75. The molecule has 0 spiro atoms. The number of carbonyl (C=O) groups excluding carboxylic acids is 1. The van der Waals surface area contributed by atoms with Gasteiger partial charge in [0, 0.05) is 13.7 Å². The van der Waals surface area contributed by atoms with E-state index in [0.717, 1.165) is 6.42 Å². The van der Waals surface area contributed by atoms with Gasteiger partial charge in [-0.2, -0.15) is 0 Å². The van der Waals surface area contributed by atoms with Crippen molar-refractivity contribution in [2.75, 3.05) is 26.8 Å². The molecule has 0 aliphatic carbocycles. The molecule has 0 unspecified atom stereocenters. The fraction of sp³-hybridized carbons (Fsp3) is 0.667. The number of hydrogen-bond donors (Lipinski definition) is 0. The lowest BCUT2D eigenvalue weighted by Gasteiger charge is -2.13. The van der Waals surface area contributed by atoms with Gasteiger partial charge in [-0.15, -0.1) is 6.42 Å². The van der Waals surface area contributed by atoms with Gasteiger partial charge in [0.1, 0.15) is 6.61 Å². The number of carbonyl (C=O) groups is 1. The molecule has 3 heteroatoms. The lowest BCUT2D eigenvalue weighted by Crippen LogP contribution is -2.30. The topological polar surface area (TPSA) is 29.5 Å². The molecule has 12 heavy (non-hydrogen) atoms. The van der Waals surface area contributed by atoms with E-state index < -0.39 is 0 Å². The summed E-state index contributed by atoms with van der Waals surface area (Å²) in [5.41, 5.74) is 0. The van der Waals surface area contributed by atoms with Crippen molar-refractivity contribution >= 4 is 5.91 Å². The quantitative estimate of drug-likeness (QED) is 0.443. The standard InChI is InChI=1S/C9H15NO2/c1-4-6-10(3)9(11)8-12-7-5-2/h1H,5-8H2,2-3H3. The summed E-state index contributed by atoms with van der Waals surface area (Å²) < 4.78 is 5.05. The zero-order valence-electron chi connectivity index (χ0n) is 7.67. The average Bonchev–Trinajstić information content (AvgIpc) is 2.05. The van der Waals surface area contributed by atoms with Gasteiger partial charge in [0.2, 0.25) is 5.91 Å². The smallest absolute Gasteiger partial charge is 0.249 e. The number of terminal acetylenes is 1. The Morgan fingerprint density at radius 2 is 2.33 bits per heavy atom. The molecule has 0 aromatic rings. The molecule has 0 aromatic carbocycles. The summed E-state index contributed by atoms with van der Waals surface area (Å²) in [6, 6.07) is 0. The SMILES string of the molecule is C#CCN(C)C(=O)COCCC. The van der Waals surface area contributed by atoms with Gasteiger partial charge < -0.3 is 9.64 Å². The van der Waals surface area contributed by atoms with Crippen molar-refractivity contribution in [1.82, 2.24) is 4.90 Å². The Kier molecular flexibility index (Phi) is 6.12. The zero-order chi connectivity index (χ0) is 9.40. The van der Waals surface area contributed by atoms with Crippen molar-refractivity contribution in [2.45, 2.75) is 13.3 Å². The predicted octanol–water partition coefficient (Wildman–Crippen LogP) is 0.505. The number of ether oxygens (including phenoxy) is 1. The van der Waals surface area contributed by atoms with Crippen molar-refractivity contribution < 1.29 is 9.53 Å². The Morgan fingerprint density at radius 1 is 1.67 bits per heavy atom. The van der Waals surface area contributed by atoms with E-state index in [1.54, 1.807) is 7.05 Å². The molecule has 0 bridgehead atoms. The average molecular weight is 169 g/mol. The number of hydrogen-bond acceptors (Lipinski definition) is 2. The van der Waals surface area contributed by atoms with Gasteiger partial charge in [-0.25, -0.2) is 0 Å². The van der Waals surface area contributed by atoms with Gasteiger partial charge in [-0.3, -0.25) is 4.79 Å². The number of rotatable bonds is 5. The van der Waals surface area contributed by atoms with Crippen LogP contribution >= 0.6 is 0 Å². The fourth-order valence-corrected chi connectivity index (χ4v) is 0.639. The zero-order valence-corrected chi connectivity index (χ0v) is 7.67. The summed E-state index contributed by atoms with van der Waals surface area (Å²) in [7, 11) is 1.66. The van der Waals surface area contributed by atoms with E-state index in [9.17, 15) is 4.79 Å².